The lowest BCUT2D eigenvalue weighted by atomic mass is 10.0. The molecule has 0 atom stereocenters. The van der Waals surface area contributed by atoms with Crippen LogP contribution in [-0.4, -0.2) is 62.1 Å². The first kappa shape index (κ1) is 16.1. The van der Waals surface area contributed by atoms with E-state index in [9.17, 15) is 9.59 Å². The maximum Gasteiger partial charge on any atom is 0.251 e. The standard InChI is InChI=1S/C15H19N7O2/c16-13(23)8-21-5-2-12(3-6-21)20-15(24)11-1-4-18-14(7-11)22-10-17-9-19-22/h1,4,7,9-10,12H,2-3,5-6,8H2,(H2,16,23)(H,20,24). The number of likely N-dealkylation sites (tertiary alicyclic amines) is 1. The Bertz CT molecular complexity index is 708. The molecule has 0 aliphatic carbocycles. The molecule has 9 nitrogen and oxygen atoms in total. The van der Waals surface area contributed by atoms with Crippen LogP contribution in [0.1, 0.15) is 23.2 Å². The summed E-state index contributed by atoms with van der Waals surface area (Å²) in [6, 6.07) is 3.43. The van der Waals surface area contributed by atoms with Gasteiger partial charge in [-0.2, -0.15) is 5.10 Å². The van der Waals surface area contributed by atoms with E-state index in [0.29, 0.717) is 11.4 Å². The number of nitrogens with zero attached hydrogens (tertiary/aromatic N) is 5. The van der Waals surface area contributed by atoms with Crippen LogP contribution in [0.5, 0.6) is 0 Å². The third-order valence-electron chi connectivity index (χ3n) is 3.96. The lowest BCUT2D eigenvalue weighted by Crippen LogP contribution is -2.46. The second-order valence-corrected chi connectivity index (χ2v) is 5.73. The molecule has 0 saturated carbocycles. The van der Waals surface area contributed by atoms with E-state index in [1.54, 1.807) is 18.3 Å². The van der Waals surface area contributed by atoms with Crippen molar-refractivity contribution in [1.29, 1.82) is 0 Å². The van der Waals surface area contributed by atoms with Gasteiger partial charge in [-0.3, -0.25) is 14.5 Å². The molecule has 9 heteroatoms. The molecule has 2 amide bonds. The second kappa shape index (κ2) is 7.18. The van der Waals surface area contributed by atoms with Crippen LogP contribution < -0.4 is 11.1 Å². The summed E-state index contributed by atoms with van der Waals surface area (Å²) in [5.41, 5.74) is 5.72. The monoisotopic (exact) mass is 329 g/mol. The van der Waals surface area contributed by atoms with Crippen molar-refractivity contribution in [2.75, 3.05) is 19.6 Å². The molecule has 1 fully saturated rings. The van der Waals surface area contributed by atoms with Crippen molar-refractivity contribution in [2.45, 2.75) is 18.9 Å². The van der Waals surface area contributed by atoms with Crippen LogP contribution in [0.3, 0.4) is 0 Å². The van der Waals surface area contributed by atoms with E-state index in [4.69, 9.17) is 5.73 Å². The second-order valence-electron chi connectivity index (χ2n) is 5.73. The van der Waals surface area contributed by atoms with Gasteiger partial charge in [-0.25, -0.2) is 14.6 Å². The summed E-state index contributed by atoms with van der Waals surface area (Å²) in [5.74, 6) is 0.0680. The van der Waals surface area contributed by atoms with Crippen LogP contribution in [0.2, 0.25) is 0 Å². The number of amides is 2. The Morgan fingerprint density at radius 3 is 2.79 bits per heavy atom. The van der Waals surface area contributed by atoms with Gasteiger partial charge in [0, 0.05) is 30.9 Å². The number of hydrogen-bond donors (Lipinski definition) is 2. The number of carbonyl (C=O) groups is 2. The van der Waals surface area contributed by atoms with E-state index in [-0.39, 0.29) is 24.4 Å². The molecule has 24 heavy (non-hydrogen) atoms. The summed E-state index contributed by atoms with van der Waals surface area (Å²) in [6.45, 7) is 1.76. The molecule has 1 aliphatic heterocycles. The number of carbonyl (C=O) groups excluding carboxylic acids is 2. The molecule has 0 spiro atoms. The Kier molecular flexibility index (Phi) is 4.80. The van der Waals surface area contributed by atoms with Gasteiger partial charge in [0.25, 0.3) is 5.91 Å². The zero-order valence-corrected chi connectivity index (χ0v) is 13.1. The van der Waals surface area contributed by atoms with Crippen LogP contribution in [0.25, 0.3) is 5.82 Å². The lowest BCUT2D eigenvalue weighted by Gasteiger charge is -2.31. The molecule has 0 unspecified atom stereocenters. The fraction of sp³-hybridized carbons (Fsp3) is 0.400. The molecule has 0 radical (unpaired) electrons. The molecule has 2 aromatic rings. The molecular formula is C15H19N7O2. The molecule has 1 saturated heterocycles. The summed E-state index contributed by atoms with van der Waals surface area (Å²) in [5, 5.41) is 7.03. The highest BCUT2D eigenvalue weighted by atomic mass is 16.2. The summed E-state index contributed by atoms with van der Waals surface area (Å²) in [6.07, 6.45) is 6.09. The average molecular weight is 329 g/mol. The minimum atomic E-state index is -0.324. The van der Waals surface area contributed by atoms with Crippen molar-refractivity contribution in [3.05, 3.63) is 36.5 Å². The Labute approximate surface area is 138 Å². The largest absolute Gasteiger partial charge is 0.369 e. The first-order chi connectivity index (χ1) is 11.6. The van der Waals surface area contributed by atoms with Crippen LogP contribution in [0, 0.1) is 0 Å². The molecule has 126 valence electrons. The van der Waals surface area contributed by atoms with Crippen LogP contribution in [0.15, 0.2) is 31.0 Å². The van der Waals surface area contributed by atoms with Gasteiger partial charge < -0.3 is 11.1 Å². The summed E-state index contributed by atoms with van der Waals surface area (Å²) in [7, 11) is 0. The Morgan fingerprint density at radius 2 is 2.12 bits per heavy atom. The van der Waals surface area contributed by atoms with E-state index >= 15 is 0 Å². The molecule has 3 heterocycles. The van der Waals surface area contributed by atoms with Crippen molar-refractivity contribution >= 4 is 11.8 Å². The predicted molar refractivity (Wildman–Crippen MR) is 85.3 cm³/mol. The molecule has 0 bridgehead atoms. The average Bonchev–Trinajstić information content (AvgIpc) is 3.11. The summed E-state index contributed by atoms with van der Waals surface area (Å²) in [4.78, 5) is 33.4. The smallest absolute Gasteiger partial charge is 0.251 e. The van der Waals surface area contributed by atoms with Crippen LogP contribution in [-0.2, 0) is 4.79 Å². The maximum atomic E-state index is 12.4. The first-order valence-corrected chi connectivity index (χ1v) is 7.74. The molecular weight excluding hydrogens is 310 g/mol. The molecule has 1 aliphatic rings. The highest BCUT2D eigenvalue weighted by Crippen LogP contribution is 2.12. The number of hydrogen-bond acceptors (Lipinski definition) is 6. The number of primary amides is 1. The van der Waals surface area contributed by atoms with Gasteiger partial charge in [-0.15, -0.1) is 0 Å². The quantitative estimate of drug-likeness (QED) is 0.752. The minimum absolute atomic E-state index is 0.0876. The SMILES string of the molecule is NC(=O)CN1CCC(NC(=O)c2ccnc(-n3cncn3)c2)CC1. The van der Waals surface area contributed by atoms with E-state index in [2.05, 4.69) is 20.4 Å². The Morgan fingerprint density at radius 1 is 1.33 bits per heavy atom. The van der Waals surface area contributed by atoms with Gasteiger partial charge in [-0.05, 0) is 25.0 Å². The Balaban J connectivity index is 1.58. The van der Waals surface area contributed by atoms with E-state index < -0.39 is 0 Å². The first-order valence-electron chi connectivity index (χ1n) is 7.74. The van der Waals surface area contributed by atoms with Gasteiger partial charge in [0.2, 0.25) is 5.91 Å². The van der Waals surface area contributed by atoms with E-state index in [1.165, 1.54) is 17.3 Å². The van der Waals surface area contributed by atoms with Crippen molar-refractivity contribution in [1.82, 2.24) is 30.0 Å². The fourth-order valence-electron chi connectivity index (χ4n) is 2.74. The summed E-state index contributed by atoms with van der Waals surface area (Å²) < 4.78 is 1.50. The van der Waals surface area contributed by atoms with Gasteiger partial charge in [0.1, 0.15) is 12.7 Å². The van der Waals surface area contributed by atoms with Crippen molar-refractivity contribution in [3.8, 4) is 5.82 Å². The highest BCUT2D eigenvalue weighted by molar-refractivity contribution is 5.94. The third-order valence-corrected chi connectivity index (χ3v) is 3.96. The fourth-order valence-corrected chi connectivity index (χ4v) is 2.74. The van der Waals surface area contributed by atoms with Crippen LogP contribution >= 0.6 is 0 Å². The third kappa shape index (κ3) is 3.93. The van der Waals surface area contributed by atoms with Gasteiger partial charge >= 0.3 is 0 Å². The van der Waals surface area contributed by atoms with Gasteiger partial charge in [-0.1, -0.05) is 0 Å². The topological polar surface area (TPSA) is 119 Å². The summed E-state index contributed by atoms with van der Waals surface area (Å²) >= 11 is 0. The Hall–Kier alpha value is -2.81. The van der Waals surface area contributed by atoms with E-state index in [0.717, 1.165) is 25.9 Å². The van der Waals surface area contributed by atoms with Crippen molar-refractivity contribution < 1.29 is 9.59 Å². The predicted octanol–water partition coefficient (Wildman–Crippen LogP) is -0.658. The maximum absolute atomic E-state index is 12.4. The normalized spacial score (nSPS) is 16.0. The molecule has 3 rings (SSSR count). The molecule has 3 N–H and O–H groups in total. The zero-order chi connectivity index (χ0) is 16.9. The number of nitrogens with one attached hydrogen (secondary N) is 1. The zero-order valence-electron chi connectivity index (χ0n) is 13.1. The molecule has 0 aromatic carbocycles. The number of piperidine rings is 1. The minimum Gasteiger partial charge on any atom is -0.369 e. The molecule has 2 aromatic heterocycles. The highest BCUT2D eigenvalue weighted by Gasteiger charge is 2.22. The van der Waals surface area contributed by atoms with Crippen LogP contribution in [0.4, 0.5) is 0 Å². The van der Waals surface area contributed by atoms with Crippen molar-refractivity contribution in [2.24, 2.45) is 5.73 Å². The van der Waals surface area contributed by atoms with E-state index in [1.807, 2.05) is 4.90 Å². The van der Waals surface area contributed by atoms with Gasteiger partial charge in [0.05, 0.1) is 6.54 Å². The van der Waals surface area contributed by atoms with Crippen molar-refractivity contribution in [3.63, 3.8) is 0 Å². The number of pyridine rings is 1. The number of nitrogens with two attached hydrogens (primary N) is 1. The van der Waals surface area contributed by atoms with Gasteiger partial charge in [0.15, 0.2) is 5.82 Å². The number of rotatable bonds is 5. The number of aromatic nitrogens is 4. The lowest BCUT2D eigenvalue weighted by molar-refractivity contribution is -0.119.